The molecule has 0 spiro atoms. The van der Waals surface area contributed by atoms with Gasteiger partial charge in [-0.1, -0.05) is 6.92 Å². The van der Waals surface area contributed by atoms with E-state index < -0.39 is 0 Å². The molecule has 1 fully saturated rings. The van der Waals surface area contributed by atoms with Gasteiger partial charge in [-0.15, -0.1) is 11.3 Å². The second-order valence-corrected chi connectivity index (χ2v) is 5.89. The van der Waals surface area contributed by atoms with Gasteiger partial charge >= 0.3 is 0 Å². The van der Waals surface area contributed by atoms with E-state index in [1.165, 1.54) is 12.8 Å². The summed E-state index contributed by atoms with van der Waals surface area (Å²) in [6.45, 7) is 2.95. The molecule has 0 aromatic carbocycles. The maximum absolute atomic E-state index is 5.82. The molecule has 1 atom stereocenters. The zero-order valence-electron chi connectivity index (χ0n) is 10.8. The van der Waals surface area contributed by atoms with E-state index in [4.69, 9.17) is 5.73 Å². The van der Waals surface area contributed by atoms with Crippen molar-refractivity contribution in [2.45, 2.75) is 31.6 Å². The van der Waals surface area contributed by atoms with Gasteiger partial charge in [0.15, 0.2) is 0 Å². The summed E-state index contributed by atoms with van der Waals surface area (Å²) in [5.41, 5.74) is 5.82. The van der Waals surface area contributed by atoms with Gasteiger partial charge in [0.25, 0.3) is 0 Å². The normalized spacial score (nSPS) is 16.3. The van der Waals surface area contributed by atoms with Gasteiger partial charge in [0.2, 0.25) is 0 Å². The summed E-state index contributed by atoms with van der Waals surface area (Å²) in [5, 5.41) is 6.47. The van der Waals surface area contributed by atoms with Crippen molar-refractivity contribution in [3.8, 4) is 0 Å². The van der Waals surface area contributed by atoms with Crippen LogP contribution in [0.25, 0.3) is 0 Å². The van der Waals surface area contributed by atoms with Crippen LogP contribution >= 0.6 is 11.3 Å². The fraction of sp³-hybridized carbons (Fsp3) is 0.462. The fourth-order valence-electron chi connectivity index (χ4n) is 1.92. The van der Waals surface area contributed by atoms with Crippen molar-refractivity contribution >= 4 is 23.0 Å². The maximum atomic E-state index is 5.82. The number of nitrogens with zero attached hydrogens (tertiary/aromatic N) is 3. The van der Waals surface area contributed by atoms with E-state index in [1.807, 2.05) is 11.6 Å². The molecule has 1 unspecified atom stereocenters. The number of nitrogen functional groups attached to an aromatic ring is 1. The Kier molecular flexibility index (Phi) is 3.33. The summed E-state index contributed by atoms with van der Waals surface area (Å²) in [6, 6.07) is 1.79. The average Bonchev–Trinajstić information content (AvgIpc) is 3.11. The molecule has 6 heteroatoms. The van der Waals surface area contributed by atoms with Crippen LogP contribution in [0.3, 0.4) is 0 Å². The number of nitrogens with one attached hydrogen (secondary N) is 1. The number of nitrogens with two attached hydrogens (primary N) is 1. The minimum absolute atomic E-state index is 0.362. The standard InChI is InChI=1S/C13H17N5S/c1-8(13-15-4-5-19-13)7-16-11-6-10(14)17-12(18-11)9-2-3-9/h4-6,8-9H,2-3,7H2,1H3,(H3,14,16,17,18). The summed E-state index contributed by atoms with van der Waals surface area (Å²) in [5.74, 6) is 3.12. The third kappa shape index (κ3) is 3.01. The molecule has 1 aliphatic rings. The van der Waals surface area contributed by atoms with Gasteiger partial charge in [-0.3, -0.25) is 0 Å². The molecule has 0 aliphatic heterocycles. The van der Waals surface area contributed by atoms with Gasteiger partial charge < -0.3 is 11.1 Å². The van der Waals surface area contributed by atoms with Gasteiger partial charge in [-0.2, -0.15) is 0 Å². The highest BCUT2D eigenvalue weighted by molar-refractivity contribution is 7.09. The van der Waals surface area contributed by atoms with Crippen LogP contribution in [0.15, 0.2) is 17.6 Å². The molecule has 5 nitrogen and oxygen atoms in total. The molecule has 19 heavy (non-hydrogen) atoms. The highest BCUT2D eigenvalue weighted by Crippen LogP contribution is 2.38. The van der Waals surface area contributed by atoms with Crippen molar-refractivity contribution in [1.29, 1.82) is 0 Å². The lowest BCUT2D eigenvalue weighted by Gasteiger charge is -2.11. The molecular formula is C13H17N5S. The average molecular weight is 275 g/mol. The summed E-state index contributed by atoms with van der Waals surface area (Å²) in [6.07, 6.45) is 4.20. The van der Waals surface area contributed by atoms with Crippen molar-refractivity contribution in [1.82, 2.24) is 15.0 Å². The lowest BCUT2D eigenvalue weighted by molar-refractivity contribution is 0.789. The van der Waals surface area contributed by atoms with Crippen LogP contribution in [0.2, 0.25) is 0 Å². The van der Waals surface area contributed by atoms with Crippen LogP contribution in [0.1, 0.15) is 42.4 Å². The molecule has 0 amide bonds. The zero-order chi connectivity index (χ0) is 13.2. The first-order chi connectivity index (χ1) is 9.22. The van der Waals surface area contributed by atoms with E-state index >= 15 is 0 Å². The highest BCUT2D eigenvalue weighted by atomic mass is 32.1. The predicted molar refractivity (Wildman–Crippen MR) is 77.4 cm³/mol. The quantitative estimate of drug-likeness (QED) is 0.877. The Morgan fingerprint density at radius 2 is 2.32 bits per heavy atom. The van der Waals surface area contributed by atoms with E-state index in [2.05, 4.69) is 27.2 Å². The molecule has 0 saturated heterocycles. The van der Waals surface area contributed by atoms with Crippen LogP contribution < -0.4 is 11.1 Å². The van der Waals surface area contributed by atoms with E-state index in [0.717, 1.165) is 23.2 Å². The first-order valence-corrected chi connectivity index (χ1v) is 7.38. The molecule has 1 aliphatic carbocycles. The van der Waals surface area contributed by atoms with E-state index in [9.17, 15) is 0 Å². The number of thiazole rings is 1. The molecular weight excluding hydrogens is 258 g/mol. The summed E-state index contributed by atoms with van der Waals surface area (Å²) in [7, 11) is 0. The van der Waals surface area contributed by atoms with Crippen LogP contribution in [0.4, 0.5) is 11.6 Å². The second kappa shape index (κ2) is 5.13. The van der Waals surface area contributed by atoms with Gasteiger partial charge in [0.1, 0.15) is 17.5 Å². The highest BCUT2D eigenvalue weighted by Gasteiger charge is 2.27. The maximum Gasteiger partial charge on any atom is 0.136 e. The Bertz CT molecular complexity index is 550. The van der Waals surface area contributed by atoms with Crippen molar-refractivity contribution in [3.05, 3.63) is 28.5 Å². The molecule has 1 saturated carbocycles. The van der Waals surface area contributed by atoms with Gasteiger partial charge in [0.05, 0.1) is 5.01 Å². The van der Waals surface area contributed by atoms with Crippen LogP contribution in [-0.4, -0.2) is 21.5 Å². The number of anilines is 2. The number of rotatable bonds is 5. The van der Waals surface area contributed by atoms with Gasteiger partial charge in [-0.05, 0) is 12.8 Å². The fourth-order valence-corrected chi connectivity index (χ4v) is 2.62. The third-order valence-electron chi connectivity index (χ3n) is 3.17. The summed E-state index contributed by atoms with van der Waals surface area (Å²) < 4.78 is 0. The van der Waals surface area contributed by atoms with Crippen molar-refractivity contribution < 1.29 is 0 Å². The Labute approximate surface area is 116 Å². The number of hydrogen-bond donors (Lipinski definition) is 2. The van der Waals surface area contributed by atoms with Crippen molar-refractivity contribution in [2.75, 3.05) is 17.6 Å². The van der Waals surface area contributed by atoms with E-state index in [1.54, 1.807) is 17.4 Å². The first kappa shape index (κ1) is 12.3. The van der Waals surface area contributed by atoms with Crippen LogP contribution in [0.5, 0.6) is 0 Å². The van der Waals surface area contributed by atoms with E-state index in [0.29, 0.717) is 17.7 Å². The van der Waals surface area contributed by atoms with Gasteiger partial charge in [0, 0.05) is 36.0 Å². The topological polar surface area (TPSA) is 76.7 Å². The largest absolute Gasteiger partial charge is 0.384 e. The van der Waals surface area contributed by atoms with Crippen molar-refractivity contribution in [2.24, 2.45) is 0 Å². The van der Waals surface area contributed by atoms with Crippen molar-refractivity contribution in [3.63, 3.8) is 0 Å². The number of aromatic nitrogens is 3. The number of hydrogen-bond acceptors (Lipinski definition) is 6. The third-order valence-corrected chi connectivity index (χ3v) is 4.18. The monoisotopic (exact) mass is 275 g/mol. The summed E-state index contributed by atoms with van der Waals surface area (Å²) >= 11 is 1.68. The molecule has 2 aromatic rings. The Balaban J connectivity index is 1.66. The Morgan fingerprint density at radius 3 is 3.00 bits per heavy atom. The minimum Gasteiger partial charge on any atom is -0.384 e. The second-order valence-electron chi connectivity index (χ2n) is 4.96. The molecule has 2 aromatic heterocycles. The van der Waals surface area contributed by atoms with Crippen LogP contribution in [0, 0.1) is 0 Å². The lowest BCUT2D eigenvalue weighted by Crippen LogP contribution is -2.12. The van der Waals surface area contributed by atoms with Crippen LogP contribution in [-0.2, 0) is 0 Å². The molecule has 2 heterocycles. The lowest BCUT2D eigenvalue weighted by atomic mass is 10.2. The summed E-state index contributed by atoms with van der Waals surface area (Å²) in [4.78, 5) is 13.1. The Hall–Kier alpha value is -1.69. The van der Waals surface area contributed by atoms with Gasteiger partial charge in [-0.25, -0.2) is 15.0 Å². The zero-order valence-corrected chi connectivity index (χ0v) is 11.7. The SMILES string of the molecule is CC(CNc1cc(N)nc(C2CC2)n1)c1nccs1. The molecule has 3 rings (SSSR count). The molecule has 3 N–H and O–H groups in total. The smallest absolute Gasteiger partial charge is 0.136 e. The molecule has 0 bridgehead atoms. The Morgan fingerprint density at radius 1 is 1.47 bits per heavy atom. The molecule has 0 radical (unpaired) electrons. The first-order valence-electron chi connectivity index (χ1n) is 6.50. The predicted octanol–water partition coefficient (Wildman–Crippen LogP) is 2.61. The van der Waals surface area contributed by atoms with E-state index in [-0.39, 0.29) is 0 Å². The minimum atomic E-state index is 0.362. The molecule has 100 valence electrons.